The van der Waals surface area contributed by atoms with Crippen LogP contribution >= 0.6 is 11.3 Å². The van der Waals surface area contributed by atoms with Crippen LogP contribution in [0.4, 0.5) is 0 Å². The Labute approximate surface area is 318 Å². The van der Waals surface area contributed by atoms with E-state index in [0.29, 0.717) is 0 Å². The quantitative estimate of drug-likeness (QED) is 0.144. The monoisotopic (exact) mass is 707 g/mol. The standard InChI is InChI=1S/C50H46N2S/c1-7-32(8-2)38-24-25-39(49-47(38)43-26-35-23-22-34-18-12-13-19-37(34)42(35)29-46(43)53-49)50-51-44-20-14-15-21-45(44)52(50)48-40(30(3)4)27-36(28-41(48)31(5)6)33-16-10-9-11-17-33/h9-32H,7-8H2,1-6H3/i32D. The zero-order valence-electron chi connectivity index (χ0n) is 32.5. The van der Waals surface area contributed by atoms with Gasteiger partial charge in [-0.3, -0.25) is 4.57 Å². The molecule has 0 unspecified atom stereocenters. The van der Waals surface area contributed by atoms with Gasteiger partial charge in [-0.25, -0.2) is 4.98 Å². The van der Waals surface area contributed by atoms with Crippen LogP contribution < -0.4 is 0 Å². The summed E-state index contributed by atoms with van der Waals surface area (Å²) in [6, 6.07) is 46.7. The molecule has 0 atom stereocenters. The summed E-state index contributed by atoms with van der Waals surface area (Å²) in [5.74, 6) is 0.810. The molecule has 3 heteroatoms. The molecule has 0 aliphatic rings. The fourth-order valence-electron chi connectivity index (χ4n) is 8.53. The van der Waals surface area contributed by atoms with Crippen molar-refractivity contribution < 1.29 is 1.37 Å². The lowest BCUT2D eigenvalue weighted by Gasteiger charge is -2.24. The molecule has 0 N–H and O–H groups in total. The second-order valence-electron chi connectivity index (χ2n) is 15.1. The van der Waals surface area contributed by atoms with Crippen molar-refractivity contribution in [1.29, 1.82) is 0 Å². The molecule has 0 fully saturated rings. The van der Waals surface area contributed by atoms with E-state index < -0.39 is 5.89 Å². The number of imidazole rings is 1. The van der Waals surface area contributed by atoms with Gasteiger partial charge in [-0.05, 0) is 122 Å². The minimum absolute atomic E-state index is 0.280. The summed E-state index contributed by atoms with van der Waals surface area (Å²) in [5.41, 5.74) is 10.7. The van der Waals surface area contributed by atoms with Crippen molar-refractivity contribution in [2.75, 3.05) is 0 Å². The Bertz CT molecular complexity index is 2840. The number of fused-ring (bicyclic) bond motifs is 7. The molecule has 0 radical (unpaired) electrons. The molecule has 0 aliphatic carbocycles. The molecule has 9 rings (SSSR count). The van der Waals surface area contributed by atoms with Crippen LogP contribution in [0.3, 0.4) is 0 Å². The average molecular weight is 708 g/mol. The molecule has 53 heavy (non-hydrogen) atoms. The van der Waals surface area contributed by atoms with Crippen molar-refractivity contribution in [2.24, 2.45) is 0 Å². The van der Waals surface area contributed by atoms with Crippen molar-refractivity contribution in [3.05, 3.63) is 144 Å². The van der Waals surface area contributed by atoms with E-state index in [9.17, 15) is 1.37 Å². The molecule has 0 bridgehead atoms. The number of hydrogen-bond donors (Lipinski definition) is 0. The summed E-state index contributed by atoms with van der Waals surface area (Å²) >= 11 is 1.86. The fourth-order valence-corrected chi connectivity index (χ4v) is 9.79. The van der Waals surface area contributed by atoms with Crippen LogP contribution in [0.15, 0.2) is 127 Å². The van der Waals surface area contributed by atoms with Gasteiger partial charge in [0.25, 0.3) is 0 Å². The Morgan fingerprint density at radius 1 is 0.623 bits per heavy atom. The third kappa shape index (κ3) is 5.48. The largest absolute Gasteiger partial charge is 0.292 e. The van der Waals surface area contributed by atoms with Gasteiger partial charge in [-0.1, -0.05) is 126 Å². The third-order valence-electron chi connectivity index (χ3n) is 11.3. The first-order valence-corrected chi connectivity index (χ1v) is 20.0. The number of thiophene rings is 1. The van der Waals surface area contributed by atoms with E-state index in [1.807, 2.05) is 11.3 Å². The van der Waals surface area contributed by atoms with Crippen molar-refractivity contribution in [3.63, 3.8) is 0 Å². The average Bonchev–Trinajstić information content (AvgIpc) is 3.77. The van der Waals surface area contributed by atoms with Gasteiger partial charge in [-0.15, -0.1) is 11.3 Å². The van der Waals surface area contributed by atoms with E-state index in [1.54, 1.807) is 0 Å². The highest BCUT2D eigenvalue weighted by Gasteiger charge is 2.26. The van der Waals surface area contributed by atoms with E-state index in [4.69, 9.17) is 4.98 Å². The number of nitrogens with zero attached hydrogens (tertiary/aromatic N) is 2. The predicted molar refractivity (Wildman–Crippen MR) is 231 cm³/mol. The van der Waals surface area contributed by atoms with Gasteiger partial charge in [0.05, 0.1) is 16.7 Å². The molecular weight excluding hydrogens is 661 g/mol. The molecule has 262 valence electrons. The second-order valence-corrected chi connectivity index (χ2v) is 16.1. The lowest BCUT2D eigenvalue weighted by atomic mass is 9.87. The van der Waals surface area contributed by atoms with Crippen LogP contribution in [-0.2, 0) is 0 Å². The van der Waals surface area contributed by atoms with E-state index in [0.717, 1.165) is 40.8 Å². The molecule has 0 spiro atoms. The molecule has 0 saturated heterocycles. The zero-order chi connectivity index (χ0) is 37.3. The fraction of sp³-hybridized carbons (Fsp3) is 0.220. The smallest absolute Gasteiger partial charge is 0.147 e. The van der Waals surface area contributed by atoms with Crippen LogP contribution in [0, 0.1) is 0 Å². The van der Waals surface area contributed by atoms with Crippen molar-refractivity contribution in [3.8, 4) is 28.2 Å². The van der Waals surface area contributed by atoms with Crippen molar-refractivity contribution in [1.82, 2.24) is 9.55 Å². The first-order chi connectivity index (χ1) is 26.2. The van der Waals surface area contributed by atoms with E-state index in [1.165, 1.54) is 69.7 Å². The molecule has 7 aromatic carbocycles. The molecule has 2 aromatic heterocycles. The second kappa shape index (κ2) is 13.3. The number of hydrogen-bond acceptors (Lipinski definition) is 2. The zero-order valence-corrected chi connectivity index (χ0v) is 32.3. The number of rotatable bonds is 8. The number of aromatic nitrogens is 2. The van der Waals surface area contributed by atoms with Gasteiger partial charge in [-0.2, -0.15) is 0 Å². The van der Waals surface area contributed by atoms with Gasteiger partial charge < -0.3 is 0 Å². The Kier molecular flexibility index (Phi) is 8.14. The third-order valence-corrected chi connectivity index (χ3v) is 12.4. The Hall–Kier alpha value is -5.25. The molecule has 2 nitrogen and oxygen atoms in total. The molecule has 0 saturated carbocycles. The summed E-state index contributed by atoms with van der Waals surface area (Å²) in [6.07, 6.45) is 1.49. The van der Waals surface area contributed by atoms with Crippen LogP contribution in [0.25, 0.3) is 81.0 Å². The molecule has 0 amide bonds. The number of para-hydroxylation sites is 2. The summed E-state index contributed by atoms with van der Waals surface area (Å²) in [5, 5.41) is 7.46. The van der Waals surface area contributed by atoms with Crippen molar-refractivity contribution in [2.45, 2.75) is 72.1 Å². The lowest BCUT2D eigenvalue weighted by Crippen LogP contribution is -2.09. The Balaban J connectivity index is 1.41. The van der Waals surface area contributed by atoms with Crippen molar-refractivity contribution >= 4 is 64.1 Å². The highest BCUT2D eigenvalue weighted by atomic mass is 32.1. The van der Waals surface area contributed by atoms with Gasteiger partial charge in [0, 0.05) is 27.1 Å². The SMILES string of the molecule is [2H]C(CC)(CC)c1ccc(-c2nc3ccccc3n2-c2c(C(C)C)cc(-c3ccccc3)cc2C(C)C)c2sc3cc4c(ccc5ccccc54)cc3c12. The van der Waals surface area contributed by atoms with Gasteiger partial charge in [0.15, 0.2) is 0 Å². The Morgan fingerprint density at radius 3 is 2.04 bits per heavy atom. The summed E-state index contributed by atoms with van der Waals surface area (Å²) in [6.45, 7) is 13.6. The van der Waals surface area contributed by atoms with Gasteiger partial charge in [0.2, 0.25) is 0 Å². The Morgan fingerprint density at radius 2 is 1.30 bits per heavy atom. The predicted octanol–water partition coefficient (Wildman–Crippen LogP) is 15.2. The minimum atomic E-state index is -0.702. The highest BCUT2D eigenvalue weighted by molar-refractivity contribution is 7.26. The summed E-state index contributed by atoms with van der Waals surface area (Å²) in [7, 11) is 0. The topological polar surface area (TPSA) is 17.8 Å². The highest BCUT2D eigenvalue weighted by Crippen LogP contribution is 2.48. The normalized spacial score (nSPS) is 12.7. The van der Waals surface area contributed by atoms with E-state index in [-0.39, 0.29) is 11.8 Å². The van der Waals surface area contributed by atoms with Gasteiger partial charge >= 0.3 is 0 Å². The molecular formula is C50H46N2S. The summed E-state index contributed by atoms with van der Waals surface area (Å²) < 4.78 is 14.7. The first kappa shape index (κ1) is 32.4. The van der Waals surface area contributed by atoms with Crippen LogP contribution in [0.5, 0.6) is 0 Å². The van der Waals surface area contributed by atoms with E-state index >= 15 is 0 Å². The maximum atomic E-state index is 9.79. The summed E-state index contributed by atoms with van der Waals surface area (Å²) in [4.78, 5) is 5.51. The van der Waals surface area contributed by atoms with Gasteiger partial charge in [0.1, 0.15) is 5.82 Å². The molecule has 0 aliphatic heterocycles. The van der Waals surface area contributed by atoms with E-state index in [2.05, 4.69) is 174 Å². The van der Waals surface area contributed by atoms with Crippen LogP contribution in [0.2, 0.25) is 0 Å². The lowest BCUT2D eigenvalue weighted by molar-refractivity contribution is 0.647. The molecule has 9 aromatic rings. The van der Waals surface area contributed by atoms with Crippen LogP contribution in [-0.4, -0.2) is 9.55 Å². The first-order valence-electron chi connectivity index (χ1n) is 19.7. The van der Waals surface area contributed by atoms with Crippen LogP contribution in [0.1, 0.15) is 90.2 Å². The maximum Gasteiger partial charge on any atom is 0.147 e. The number of benzene rings is 7. The maximum absolute atomic E-state index is 9.79. The molecule has 2 heterocycles. The minimum Gasteiger partial charge on any atom is -0.292 e.